The lowest BCUT2D eigenvalue weighted by molar-refractivity contribution is -0.121. The Morgan fingerprint density at radius 1 is 0.615 bits per heavy atom. The molecule has 0 saturated carbocycles. The lowest BCUT2D eigenvalue weighted by Gasteiger charge is -2.04. The third-order valence-corrected chi connectivity index (χ3v) is 4.94. The van der Waals surface area contributed by atoms with Gasteiger partial charge in [0.25, 0.3) is 0 Å². The molecule has 242 valence electrons. The van der Waals surface area contributed by atoms with Crippen LogP contribution in [-0.4, -0.2) is 53.5 Å². The van der Waals surface area contributed by atoms with Crippen molar-refractivity contribution in [1.29, 1.82) is 0 Å². The number of hydrogen-bond donors (Lipinski definition) is 9. The molecule has 39 heavy (non-hydrogen) atoms. The second kappa shape index (κ2) is 35.6. The Bertz CT molecular complexity index is 537. The number of carbonyl (C=O) groups is 1. The van der Waals surface area contributed by atoms with Gasteiger partial charge in [-0.15, -0.1) is 0 Å². The number of unbranched alkanes of at least 4 members (excludes halogenated alkanes) is 14. The molecule has 12 nitrogen and oxygen atoms in total. The maximum Gasteiger partial charge on any atom is 0.466 e. The fraction of sp³-hybridized carbons (Fsp3) is 0.960. The van der Waals surface area contributed by atoms with Crippen molar-refractivity contribution < 1.29 is 48.4 Å². The average Bonchev–Trinajstić information content (AvgIpc) is 2.78. The molecule has 14 heteroatoms. The van der Waals surface area contributed by atoms with Crippen molar-refractivity contribution in [1.82, 2.24) is 11.5 Å². The molecule has 0 saturated heterocycles. The van der Waals surface area contributed by atoms with Crippen LogP contribution in [0.3, 0.4) is 0 Å². The van der Waals surface area contributed by atoms with E-state index in [-0.39, 0.29) is 12.1 Å². The largest absolute Gasteiger partial charge is 0.466 e. The van der Waals surface area contributed by atoms with E-state index in [0.29, 0.717) is 12.5 Å². The Morgan fingerprint density at radius 3 is 1.10 bits per heavy atom. The standard InChI is InChI=1S/C21H43NO.C4H10O.H3N.2H3O4P/c1-3-5-6-7-8-9-10-11-12-13-14-15-16-17-18-19-21(23)22-20-4-2;1-4(2)3-5;;2*1-5(2,3)4/h3-20H2,1-2H3,(H,22,23);4-5H,3H2,1-2H3;1H3;2*(H3,1,2,3,4). The summed E-state index contributed by atoms with van der Waals surface area (Å²) in [4.78, 5) is 54.5. The third-order valence-electron chi connectivity index (χ3n) is 4.94. The molecule has 0 unspecified atom stereocenters. The van der Waals surface area contributed by atoms with Gasteiger partial charge in [-0.05, 0) is 18.8 Å². The lowest BCUT2D eigenvalue weighted by atomic mass is 10.0. The van der Waals surface area contributed by atoms with Crippen LogP contribution >= 0.6 is 15.6 Å². The van der Waals surface area contributed by atoms with Crippen LogP contribution < -0.4 is 11.5 Å². The van der Waals surface area contributed by atoms with Crippen LogP contribution in [0, 0.1) is 5.92 Å². The molecular formula is C25H62N2O10P2. The van der Waals surface area contributed by atoms with E-state index in [4.69, 9.17) is 43.6 Å². The number of aliphatic hydroxyl groups excluding tert-OH is 1. The molecule has 0 aromatic rings. The summed E-state index contributed by atoms with van der Waals surface area (Å²) in [5, 5.41) is 11.1. The summed E-state index contributed by atoms with van der Waals surface area (Å²) < 4.78 is 17.8. The van der Waals surface area contributed by atoms with Crippen LogP contribution in [0.4, 0.5) is 0 Å². The Labute approximate surface area is 237 Å². The maximum absolute atomic E-state index is 11.4. The van der Waals surface area contributed by atoms with Crippen molar-refractivity contribution in [2.75, 3.05) is 13.2 Å². The molecule has 0 aliphatic rings. The van der Waals surface area contributed by atoms with Gasteiger partial charge in [0.2, 0.25) is 5.91 Å². The Balaban J connectivity index is -0.000000196. The smallest absolute Gasteiger partial charge is 0.396 e. The SMILES string of the molecule is CC(C)CO.CCCCCCCCCCCCCCCCCC(=O)NCCC.N.O=P(O)(O)O.O=P(O)(O)O. The molecule has 1 amide bonds. The second-order valence-electron chi connectivity index (χ2n) is 9.65. The van der Waals surface area contributed by atoms with E-state index in [1.165, 1.54) is 89.9 Å². The van der Waals surface area contributed by atoms with Gasteiger partial charge < -0.3 is 45.9 Å². The summed E-state index contributed by atoms with van der Waals surface area (Å²) >= 11 is 0. The molecule has 0 aromatic heterocycles. The van der Waals surface area contributed by atoms with Crippen LogP contribution in [0.2, 0.25) is 0 Å². The van der Waals surface area contributed by atoms with Crippen molar-refractivity contribution in [3.05, 3.63) is 0 Å². The Morgan fingerprint density at radius 2 is 0.872 bits per heavy atom. The molecule has 0 spiro atoms. The molecule has 0 radical (unpaired) electrons. The predicted molar refractivity (Wildman–Crippen MR) is 158 cm³/mol. The van der Waals surface area contributed by atoms with Crippen LogP contribution in [0.25, 0.3) is 0 Å². The van der Waals surface area contributed by atoms with Gasteiger partial charge in [-0.2, -0.15) is 0 Å². The van der Waals surface area contributed by atoms with Gasteiger partial charge in [-0.1, -0.05) is 118 Å². The summed E-state index contributed by atoms with van der Waals surface area (Å²) in [6, 6.07) is 0. The van der Waals surface area contributed by atoms with Gasteiger partial charge in [-0.3, -0.25) is 4.79 Å². The van der Waals surface area contributed by atoms with E-state index in [9.17, 15) is 4.79 Å². The van der Waals surface area contributed by atoms with Crippen LogP contribution in [0.15, 0.2) is 0 Å². The number of amides is 1. The number of hydrogen-bond acceptors (Lipinski definition) is 5. The average molecular weight is 613 g/mol. The quantitative estimate of drug-likeness (QED) is 0.0631. The molecule has 0 aliphatic carbocycles. The fourth-order valence-electron chi connectivity index (χ4n) is 3.01. The fourth-order valence-corrected chi connectivity index (χ4v) is 3.01. The van der Waals surface area contributed by atoms with E-state index >= 15 is 0 Å². The van der Waals surface area contributed by atoms with Gasteiger partial charge in [-0.25, -0.2) is 9.13 Å². The molecule has 11 N–H and O–H groups in total. The first-order valence-corrected chi connectivity index (χ1v) is 17.2. The second-order valence-corrected chi connectivity index (χ2v) is 11.7. The zero-order valence-corrected chi connectivity index (χ0v) is 26.8. The molecule has 0 fully saturated rings. The molecule has 0 aromatic carbocycles. The Hall–Kier alpha value is -0.390. The minimum absolute atomic E-state index is 0. The zero-order chi connectivity index (χ0) is 30.3. The number of aliphatic hydroxyl groups is 1. The minimum Gasteiger partial charge on any atom is -0.396 e. The highest BCUT2D eigenvalue weighted by Gasteiger charge is 2.01. The van der Waals surface area contributed by atoms with E-state index < -0.39 is 15.6 Å². The summed E-state index contributed by atoms with van der Waals surface area (Å²) in [6.45, 7) is 9.45. The first kappa shape index (κ1) is 48.3. The number of phosphoric acid groups is 2. The first-order chi connectivity index (χ1) is 17.6. The van der Waals surface area contributed by atoms with Gasteiger partial charge >= 0.3 is 15.6 Å². The number of rotatable bonds is 19. The molecular weight excluding hydrogens is 550 g/mol. The van der Waals surface area contributed by atoms with Crippen molar-refractivity contribution in [3.8, 4) is 0 Å². The van der Waals surface area contributed by atoms with Crippen LogP contribution in [0.5, 0.6) is 0 Å². The normalized spacial score (nSPS) is 10.7. The predicted octanol–water partition coefficient (Wildman–Crippen LogP) is 5.71. The maximum atomic E-state index is 11.4. The molecule has 0 bridgehead atoms. The highest BCUT2D eigenvalue weighted by atomic mass is 31.2. The van der Waals surface area contributed by atoms with Crippen molar-refractivity contribution >= 4 is 21.6 Å². The van der Waals surface area contributed by atoms with E-state index in [2.05, 4.69) is 19.2 Å². The van der Waals surface area contributed by atoms with Crippen LogP contribution in [-0.2, 0) is 13.9 Å². The van der Waals surface area contributed by atoms with Gasteiger partial charge in [0.05, 0.1) is 0 Å². The van der Waals surface area contributed by atoms with Crippen molar-refractivity contribution in [2.45, 2.75) is 137 Å². The molecule has 0 aliphatic heterocycles. The van der Waals surface area contributed by atoms with E-state index in [1.54, 1.807) is 0 Å². The monoisotopic (exact) mass is 612 g/mol. The number of nitrogens with one attached hydrogen (secondary N) is 1. The molecule has 0 rings (SSSR count). The summed E-state index contributed by atoms with van der Waals surface area (Å²) in [6.07, 6.45) is 22.4. The highest BCUT2D eigenvalue weighted by Crippen LogP contribution is 2.26. The van der Waals surface area contributed by atoms with Crippen molar-refractivity contribution in [2.24, 2.45) is 5.92 Å². The zero-order valence-electron chi connectivity index (χ0n) is 25.0. The lowest BCUT2D eigenvalue weighted by Crippen LogP contribution is -2.23. The van der Waals surface area contributed by atoms with Gasteiger partial charge in [0.15, 0.2) is 0 Å². The summed E-state index contributed by atoms with van der Waals surface area (Å²) in [5.41, 5.74) is 0. The van der Waals surface area contributed by atoms with Gasteiger partial charge in [0.1, 0.15) is 0 Å². The third kappa shape index (κ3) is 93.3. The Kier molecular flexibility index (Phi) is 44.2. The molecule has 0 atom stereocenters. The minimum atomic E-state index is -4.64. The summed E-state index contributed by atoms with van der Waals surface area (Å²) in [5.74, 6) is 0.677. The van der Waals surface area contributed by atoms with Crippen LogP contribution in [0.1, 0.15) is 137 Å². The topological polar surface area (TPSA) is 240 Å². The van der Waals surface area contributed by atoms with E-state index in [1.807, 2.05) is 13.8 Å². The van der Waals surface area contributed by atoms with Gasteiger partial charge in [0, 0.05) is 19.6 Å². The molecule has 0 heterocycles. The van der Waals surface area contributed by atoms with E-state index in [0.717, 1.165) is 25.8 Å². The van der Waals surface area contributed by atoms with Crippen molar-refractivity contribution in [3.63, 3.8) is 0 Å². The highest BCUT2D eigenvalue weighted by molar-refractivity contribution is 7.45. The summed E-state index contributed by atoms with van der Waals surface area (Å²) in [7, 11) is -9.28. The number of carbonyl (C=O) groups excluding carboxylic acids is 1. The first-order valence-electron chi connectivity index (χ1n) is 14.0.